The van der Waals surface area contributed by atoms with Crippen LogP contribution >= 0.6 is 0 Å². The number of rotatable bonds is 5. The Morgan fingerprint density at radius 3 is 1.96 bits per heavy atom. The fourth-order valence-electron chi connectivity index (χ4n) is 2.44. The zero-order valence-corrected chi connectivity index (χ0v) is 15.5. The number of carbonyl (C=O) groups excluding carboxylic acids is 1. The maximum Gasteiger partial charge on any atom is 0.243 e. The van der Waals surface area contributed by atoms with Crippen LogP contribution in [0.25, 0.3) is 0 Å². The molecule has 0 atom stereocenters. The summed E-state index contributed by atoms with van der Waals surface area (Å²) >= 11 is 0. The number of nitrogens with one attached hydrogen (secondary N) is 1. The van der Waals surface area contributed by atoms with Crippen molar-refractivity contribution in [3.63, 3.8) is 0 Å². The number of aromatic hydroxyl groups is 1. The molecule has 0 aromatic heterocycles. The van der Waals surface area contributed by atoms with Gasteiger partial charge in [-0.3, -0.25) is 9.63 Å². The molecular formula is C19H31NO3. The van der Waals surface area contributed by atoms with E-state index in [1.165, 1.54) is 0 Å². The summed E-state index contributed by atoms with van der Waals surface area (Å²) in [4.78, 5) is 16.6. The van der Waals surface area contributed by atoms with Crippen molar-refractivity contribution in [2.45, 2.75) is 72.1 Å². The van der Waals surface area contributed by atoms with E-state index in [2.05, 4.69) is 47.0 Å². The monoisotopic (exact) mass is 321 g/mol. The maximum absolute atomic E-state index is 11.7. The number of benzene rings is 1. The number of hydrogen-bond acceptors (Lipinski definition) is 3. The van der Waals surface area contributed by atoms with Gasteiger partial charge in [0.1, 0.15) is 5.75 Å². The first-order valence-electron chi connectivity index (χ1n) is 8.24. The molecule has 0 saturated heterocycles. The molecule has 4 nitrogen and oxygen atoms in total. The minimum absolute atomic E-state index is 0.130. The third kappa shape index (κ3) is 5.54. The second kappa shape index (κ2) is 7.35. The minimum atomic E-state index is -0.159. The van der Waals surface area contributed by atoms with Crippen LogP contribution in [-0.2, 0) is 26.9 Å². The van der Waals surface area contributed by atoms with Gasteiger partial charge in [-0.05, 0) is 40.9 Å². The van der Waals surface area contributed by atoms with Gasteiger partial charge in [0.2, 0.25) is 5.91 Å². The number of amides is 1. The molecule has 0 bridgehead atoms. The largest absolute Gasteiger partial charge is 0.507 e. The van der Waals surface area contributed by atoms with Crippen molar-refractivity contribution < 1.29 is 14.7 Å². The van der Waals surface area contributed by atoms with Crippen molar-refractivity contribution in [3.05, 3.63) is 28.8 Å². The quantitative estimate of drug-likeness (QED) is 0.806. The number of hydroxylamine groups is 1. The van der Waals surface area contributed by atoms with Gasteiger partial charge in [-0.15, -0.1) is 0 Å². The van der Waals surface area contributed by atoms with Crippen molar-refractivity contribution in [1.29, 1.82) is 0 Å². The number of phenols is 1. The SMILES string of the molecule is CCONC(=O)CCc1cc(C(C)(C)C)c(O)c(C(C)(C)C)c1. The van der Waals surface area contributed by atoms with Gasteiger partial charge in [-0.1, -0.05) is 53.7 Å². The van der Waals surface area contributed by atoms with E-state index in [0.29, 0.717) is 25.2 Å². The van der Waals surface area contributed by atoms with E-state index >= 15 is 0 Å². The van der Waals surface area contributed by atoms with Crippen LogP contribution in [0.5, 0.6) is 5.75 Å². The lowest BCUT2D eigenvalue weighted by atomic mass is 9.78. The predicted octanol–water partition coefficient (Wildman–Crippen LogP) is 3.99. The molecule has 0 aliphatic heterocycles. The van der Waals surface area contributed by atoms with Crippen molar-refractivity contribution in [2.75, 3.05) is 6.61 Å². The molecule has 0 saturated carbocycles. The number of hydrogen-bond donors (Lipinski definition) is 2. The predicted molar refractivity (Wildman–Crippen MR) is 93.6 cm³/mol. The average Bonchev–Trinajstić information content (AvgIpc) is 2.41. The van der Waals surface area contributed by atoms with Gasteiger partial charge in [-0.25, -0.2) is 5.48 Å². The van der Waals surface area contributed by atoms with Gasteiger partial charge in [0.05, 0.1) is 6.61 Å². The van der Waals surface area contributed by atoms with Crippen molar-refractivity contribution in [3.8, 4) is 5.75 Å². The zero-order chi connectivity index (χ0) is 17.8. The highest BCUT2D eigenvalue weighted by molar-refractivity contribution is 5.75. The van der Waals surface area contributed by atoms with E-state index in [-0.39, 0.29) is 16.7 Å². The van der Waals surface area contributed by atoms with Crippen LogP contribution in [0, 0.1) is 0 Å². The highest BCUT2D eigenvalue weighted by atomic mass is 16.6. The molecule has 1 amide bonds. The van der Waals surface area contributed by atoms with Crippen LogP contribution in [0.3, 0.4) is 0 Å². The zero-order valence-electron chi connectivity index (χ0n) is 15.5. The molecule has 4 heteroatoms. The third-order valence-electron chi connectivity index (χ3n) is 3.76. The van der Waals surface area contributed by atoms with Gasteiger partial charge in [-0.2, -0.15) is 0 Å². The molecular weight excluding hydrogens is 290 g/mol. The summed E-state index contributed by atoms with van der Waals surface area (Å²) in [5.74, 6) is 0.238. The first-order chi connectivity index (χ1) is 10.5. The second-order valence-electron chi connectivity index (χ2n) is 8.00. The molecule has 0 heterocycles. The Labute approximate surface area is 140 Å². The molecule has 23 heavy (non-hydrogen) atoms. The van der Waals surface area contributed by atoms with Gasteiger partial charge in [0, 0.05) is 6.42 Å². The number of phenolic OH excluding ortho intramolecular Hbond substituents is 1. The minimum Gasteiger partial charge on any atom is -0.507 e. The standard InChI is InChI=1S/C19H31NO3/c1-8-23-20-16(21)10-9-13-11-14(18(2,3)4)17(22)15(12-13)19(5,6)7/h11-12,22H,8-10H2,1-7H3,(H,20,21). The van der Waals surface area contributed by atoms with Crippen LogP contribution in [0.15, 0.2) is 12.1 Å². The van der Waals surface area contributed by atoms with Crippen molar-refractivity contribution >= 4 is 5.91 Å². The summed E-state index contributed by atoms with van der Waals surface area (Å²) < 4.78 is 0. The Morgan fingerprint density at radius 1 is 1.09 bits per heavy atom. The van der Waals surface area contributed by atoms with Crippen LogP contribution in [0.4, 0.5) is 0 Å². The summed E-state index contributed by atoms with van der Waals surface area (Å²) in [6.45, 7) is 14.8. The number of carbonyl (C=O) groups is 1. The van der Waals surface area contributed by atoms with Gasteiger partial charge >= 0.3 is 0 Å². The highest BCUT2D eigenvalue weighted by Gasteiger charge is 2.26. The van der Waals surface area contributed by atoms with Crippen LogP contribution < -0.4 is 5.48 Å². The molecule has 1 aromatic carbocycles. The third-order valence-corrected chi connectivity index (χ3v) is 3.76. The highest BCUT2D eigenvalue weighted by Crippen LogP contribution is 2.39. The van der Waals surface area contributed by atoms with Gasteiger partial charge in [0.15, 0.2) is 0 Å². The molecule has 0 fully saturated rings. The Morgan fingerprint density at radius 2 is 1.57 bits per heavy atom. The summed E-state index contributed by atoms with van der Waals surface area (Å²) in [5, 5.41) is 10.7. The first-order valence-corrected chi connectivity index (χ1v) is 8.24. The molecule has 0 aliphatic rings. The van der Waals surface area contributed by atoms with Crippen LogP contribution in [-0.4, -0.2) is 17.6 Å². The topological polar surface area (TPSA) is 58.6 Å². The van der Waals surface area contributed by atoms with Crippen LogP contribution in [0.2, 0.25) is 0 Å². The Hall–Kier alpha value is -1.55. The molecule has 0 radical (unpaired) electrons. The van der Waals surface area contributed by atoms with E-state index in [4.69, 9.17) is 4.84 Å². The normalized spacial score (nSPS) is 12.3. The Kier molecular flexibility index (Phi) is 6.23. The van der Waals surface area contributed by atoms with Crippen molar-refractivity contribution in [1.82, 2.24) is 5.48 Å². The molecule has 0 spiro atoms. The van der Waals surface area contributed by atoms with E-state index in [1.54, 1.807) is 0 Å². The fraction of sp³-hybridized carbons (Fsp3) is 0.632. The molecule has 1 rings (SSSR count). The van der Waals surface area contributed by atoms with E-state index < -0.39 is 0 Å². The smallest absolute Gasteiger partial charge is 0.243 e. The fourth-order valence-corrected chi connectivity index (χ4v) is 2.44. The molecule has 1 aromatic rings. The van der Waals surface area contributed by atoms with Crippen molar-refractivity contribution in [2.24, 2.45) is 0 Å². The lowest BCUT2D eigenvalue weighted by Crippen LogP contribution is -2.24. The van der Waals surface area contributed by atoms with Gasteiger partial charge < -0.3 is 5.11 Å². The summed E-state index contributed by atoms with van der Waals surface area (Å²) in [6.07, 6.45) is 0.975. The van der Waals surface area contributed by atoms with E-state index in [1.807, 2.05) is 19.1 Å². The molecule has 0 unspecified atom stereocenters. The lowest BCUT2D eigenvalue weighted by Gasteiger charge is -2.28. The lowest BCUT2D eigenvalue weighted by molar-refractivity contribution is -0.133. The van der Waals surface area contributed by atoms with E-state index in [9.17, 15) is 9.90 Å². The Balaban J connectivity index is 3.11. The number of aryl methyl sites for hydroxylation is 1. The second-order valence-corrected chi connectivity index (χ2v) is 8.00. The summed E-state index contributed by atoms with van der Waals surface area (Å²) in [7, 11) is 0. The molecule has 0 aliphatic carbocycles. The first kappa shape index (κ1) is 19.5. The summed E-state index contributed by atoms with van der Waals surface area (Å²) in [5.41, 5.74) is 5.00. The van der Waals surface area contributed by atoms with Gasteiger partial charge in [0.25, 0.3) is 0 Å². The molecule has 2 N–H and O–H groups in total. The Bertz CT molecular complexity index is 516. The molecule has 130 valence electrons. The van der Waals surface area contributed by atoms with Crippen LogP contribution in [0.1, 0.15) is 71.6 Å². The summed E-state index contributed by atoms with van der Waals surface area (Å²) in [6, 6.07) is 4.02. The maximum atomic E-state index is 11.7. The average molecular weight is 321 g/mol. The van der Waals surface area contributed by atoms with E-state index in [0.717, 1.165) is 16.7 Å².